The van der Waals surface area contributed by atoms with Crippen molar-refractivity contribution in [1.29, 1.82) is 0 Å². The summed E-state index contributed by atoms with van der Waals surface area (Å²) in [6.45, 7) is 14.8. The van der Waals surface area contributed by atoms with Gasteiger partial charge in [0.15, 0.2) is 0 Å². The highest BCUT2D eigenvalue weighted by molar-refractivity contribution is 5.91. The van der Waals surface area contributed by atoms with E-state index in [9.17, 15) is 15.1 Å². The number of rotatable bonds is 4. The van der Waals surface area contributed by atoms with Crippen LogP contribution >= 0.6 is 0 Å². The summed E-state index contributed by atoms with van der Waals surface area (Å²) in [6.07, 6.45) is 12.4. The SMILES string of the molecule is CC1(C)CC[C@]2(C(=O)OCc3ccccc3)CC[C@]3(C)C(=CC[C@@H]4[C@@]5(C)CC/C(=N\O)[C@@](C)(CO)[C@@H]5CC[C@]43C)[C@@H]2C1. The average molecular weight is 576 g/mol. The second kappa shape index (κ2) is 9.94. The first kappa shape index (κ1) is 29.9. The fraction of sp³-hybridized carbons (Fsp3) is 0.730. The number of aliphatic hydroxyl groups excluding tert-OH is 1. The van der Waals surface area contributed by atoms with Gasteiger partial charge in [0.2, 0.25) is 0 Å². The zero-order valence-electron chi connectivity index (χ0n) is 26.8. The molecule has 2 N–H and O–H groups in total. The van der Waals surface area contributed by atoms with E-state index in [2.05, 4.69) is 52.8 Å². The summed E-state index contributed by atoms with van der Waals surface area (Å²) in [6, 6.07) is 10.1. The van der Waals surface area contributed by atoms with Crippen molar-refractivity contribution in [2.24, 2.45) is 55.4 Å². The van der Waals surface area contributed by atoms with Crippen LogP contribution in [0.4, 0.5) is 0 Å². The number of ether oxygens (including phenoxy) is 1. The summed E-state index contributed by atoms with van der Waals surface area (Å²) < 4.78 is 6.16. The van der Waals surface area contributed by atoms with E-state index >= 15 is 0 Å². The van der Waals surface area contributed by atoms with E-state index in [1.54, 1.807) is 0 Å². The largest absolute Gasteiger partial charge is 0.460 e. The molecule has 0 spiro atoms. The van der Waals surface area contributed by atoms with Gasteiger partial charge in [0.1, 0.15) is 6.61 Å². The zero-order valence-corrected chi connectivity index (χ0v) is 26.8. The Balaban J connectivity index is 1.37. The Morgan fingerprint density at radius 2 is 1.67 bits per heavy atom. The van der Waals surface area contributed by atoms with Crippen LogP contribution in [-0.2, 0) is 16.1 Å². The molecule has 5 heteroatoms. The van der Waals surface area contributed by atoms with Crippen molar-refractivity contribution < 1.29 is 19.8 Å². The van der Waals surface area contributed by atoms with Gasteiger partial charge in [-0.25, -0.2) is 0 Å². The molecule has 4 saturated carbocycles. The molecule has 5 nitrogen and oxygen atoms in total. The Morgan fingerprint density at radius 3 is 2.36 bits per heavy atom. The highest BCUT2D eigenvalue weighted by Crippen LogP contribution is 2.75. The van der Waals surface area contributed by atoms with Gasteiger partial charge in [0.25, 0.3) is 0 Å². The van der Waals surface area contributed by atoms with Crippen LogP contribution < -0.4 is 0 Å². The number of aliphatic hydroxyl groups is 1. The minimum atomic E-state index is -0.481. The second-order valence-corrected chi connectivity index (χ2v) is 16.6. The van der Waals surface area contributed by atoms with Crippen LogP contribution in [0.1, 0.15) is 111 Å². The summed E-state index contributed by atoms with van der Waals surface area (Å²) in [5, 5.41) is 24.2. The summed E-state index contributed by atoms with van der Waals surface area (Å²) in [7, 11) is 0. The van der Waals surface area contributed by atoms with Crippen molar-refractivity contribution in [3.8, 4) is 0 Å². The quantitative estimate of drug-likeness (QED) is 0.164. The molecule has 1 aromatic carbocycles. The number of oxime groups is 1. The molecule has 0 heterocycles. The van der Waals surface area contributed by atoms with Gasteiger partial charge < -0.3 is 15.1 Å². The van der Waals surface area contributed by atoms with Crippen LogP contribution in [0.15, 0.2) is 47.1 Å². The molecule has 5 aliphatic carbocycles. The summed E-state index contributed by atoms with van der Waals surface area (Å²) >= 11 is 0. The summed E-state index contributed by atoms with van der Waals surface area (Å²) in [4.78, 5) is 14.2. The monoisotopic (exact) mass is 575 g/mol. The van der Waals surface area contributed by atoms with Crippen molar-refractivity contribution in [3.05, 3.63) is 47.5 Å². The highest BCUT2D eigenvalue weighted by atomic mass is 16.5. The van der Waals surface area contributed by atoms with Crippen LogP contribution in [-0.4, -0.2) is 28.6 Å². The van der Waals surface area contributed by atoms with E-state index in [0.29, 0.717) is 12.5 Å². The fourth-order valence-corrected chi connectivity index (χ4v) is 11.5. The maximum Gasteiger partial charge on any atom is 0.313 e. The number of allylic oxidation sites excluding steroid dienone is 2. The third-order valence-electron chi connectivity index (χ3n) is 14.3. The lowest BCUT2D eigenvalue weighted by Crippen LogP contribution is -2.65. The van der Waals surface area contributed by atoms with Gasteiger partial charge >= 0.3 is 5.97 Å². The molecule has 4 fully saturated rings. The average Bonchev–Trinajstić information content (AvgIpc) is 2.96. The van der Waals surface area contributed by atoms with Crippen molar-refractivity contribution in [2.45, 2.75) is 112 Å². The molecule has 230 valence electrons. The van der Waals surface area contributed by atoms with Crippen LogP contribution in [0.25, 0.3) is 0 Å². The maximum atomic E-state index is 14.2. The van der Waals surface area contributed by atoms with Gasteiger partial charge in [0, 0.05) is 5.41 Å². The van der Waals surface area contributed by atoms with Gasteiger partial charge in [-0.2, -0.15) is 0 Å². The standard InChI is InChI=1S/C37H53NO4/c1-32(2)18-20-37(31(40)42-23-25-10-8-7-9-11-25)21-19-35(5)26(27(37)22-32)12-13-29-33(3)16-15-30(38-41)34(4,24-39)28(33)14-17-36(29,35)6/h7-12,27-29,39,41H,13-24H2,1-6H3/b38-30+/t27-,28+,29+,33-,34-,35+,36+,37-/m0/s1. The van der Waals surface area contributed by atoms with Crippen molar-refractivity contribution in [2.75, 3.05) is 6.61 Å². The number of hydrogen-bond acceptors (Lipinski definition) is 5. The van der Waals surface area contributed by atoms with E-state index in [-0.39, 0.29) is 46.1 Å². The molecule has 6 rings (SSSR count). The lowest BCUT2D eigenvalue weighted by Gasteiger charge is -2.70. The minimum Gasteiger partial charge on any atom is -0.460 e. The van der Waals surface area contributed by atoms with Gasteiger partial charge in [-0.05, 0) is 109 Å². The Bertz CT molecular complexity index is 1290. The van der Waals surface area contributed by atoms with Crippen molar-refractivity contribution in [3.63, 3.8) is 0 Å². The number of carbonyl (C=O) groups excluding carboxylic acids is 1. The molecule has 1 aromatic rings. The number of carbonyl (C=O) groups is 1. The fourth-order valence-electron chi connectivity index (χ4n) is 11.5. The van der Waals surface area contributed by atoms with Gasteiger partial charge in [-0.15, -0.1) is 0 Å². The Hall–Kier alpha value is -2.14. The molecule has 0 aromatic heterocycles. The first-order chi connectivity index (χ1) is 19.8. The smallest absolute Gasteiger partial charge is 0.313 e. The third kappa shape index (κ3) is 4.04. The Morgan fingerprint density at radius 1 is 0.952 bits per heavy atom. The topological polar surface area (TPSA) is 79.1 Å². The summed E-state index contributed by atoms with van der Waals surface area (Å²) in [5.74, 6) is 1.00. The Labute approximate surface area is 253 Å². The van der Waals surface area contributed by atoms with E-state index < -0.39 is 10.8 Å². The van der Waals surface area contributed by atoms with Crippen LogP contribution in [0.5, 0.6) is 0 Å². The van der Waals surface area contributed by atoms with E-state index in [1.807, 2.05) is 30.3 Å². The highest BCUT2D eigenvalue weighted by Gasteiger charge is 2.69. The number of hydrogen-bond donors (Lipinski definition) is 2. The summed E-state index contributed by atoms with van der Waals surface area (Å²) in [5.41, 5.74) is 2.81. The maximum absolute atomic E-state index is 14.2. The molecular formula is C37H53NO4. The third-order valence-corrected chi connectivity index (χ3v) is 14.3. The van der Waals surface area contributed by atoms with Gasteiger partial charge in [-0.1, -0.05) is 88.7 Å². The normalized spacial score (nSPS) is 45.1. The van der Waals surface area contributed by atoms with Crippen LogP contribution in [0.3, 0.4) is 0 Å². The minimum absolute atomic E-state index is 0.0135. The number of esters is 1. The molecule has 0 aliphatic heterocycles. The number of nitrogens with zero attached hydrogens (tertiary/aromatic N) is 1. The molecule has 42 heavy (non-hydrogen) atoms. The predicted octanol–water partition coefficient (Wildman–Crippen LogP) is 8.33. The second-order valence-electron chi connectivity index (χ2n) is 16.6. The van der Waals surface area contributed by atoms with Crippen molar-refractivity contribution >= 4 is 11.7 Å². The Kier molecular flexibility index (Phi) is 7.08. The van der Waals surface area contributed by atoms with Gasteiger partial charge in [0.05, 0.1) is 17.7 Å². The molecule has 0 bridgehead atoms. The molecule has 0 saturated heterocycles. The number of benzene rings is 1. The van der Waals surface area contributed by atoms with E-state index in [4.69, 9.17) is 4.74 Å². The first-order valence-electron chi connectivity index (χ1n) is 16.5. The molecule has 5 aliphatic rings. The first-order valence-corrected chi connectivity index (χ1v) is 16.5. The van der Waals surface area contributed by atoms with E-state index in [1.165, 1.54) is 5.57 Å². The van der Waals surface area contributed by atoms with Gasteiger partial charge in [-0.3, -0.25) is 4.79 Å². The molecule has 0 unspecified atom stereocenters. The lowest BCUT2D eigenvalue weighted by molar-refractivity contribution is -0.185. The molecule has 0 radical (unpaired) electrons. The van der Waals surface area contributed by atoms with Crippen molar-refractivity contribution in [1.82, 2.24) is 0 Å². The van der Waals surface area contributed by atoms with Crippen LogP contribution in [0.2, 0.25) is 0 Å². The molecule has 0 amide bonds. The predicted molar refractivity (Wildman–Crippen MR) is 166 cm³/mol. The lowest BCUT2D eigenvalue weighted by atomic mass is 9.33. The molecule has 8 atom stereocenters. The zero-order chi connectivity index (χ0) is 30.2. The molecular weight excluding hydrogens is 522 g/mol. The van der Waals surface area contributed by atoms with Crippen LogP contribution in [0, 0.1) is 50.2 Å². The number of fused-ring (bicyclic) bond motifs is 7. The van der Waals surface area contributed by atoms with E-state index in [0.717, 1.165) is 75.5 Å².